The van der Waals surface area contributed by atoms with Crippen LogP contribution >= 0.6 is 0 Å². The zero-order valence-electron chi connectivity index (χ0n) is 20.9. The molecule has 0 spiro atoms. The maximum absolute atomic E-state index is 13.2. The van der Waals surface area contributed by atoms with Crippen molar-refractivity contribution < 1.29 is 22.8 Å². The van der Waals surface area contributed by atoms with Gasteiger partial charge in [0.15, 0.2) is 0 Å². The lowest BCUT2D eigenvalue weighted by Gasteiger charge is -2.34. The largest absolute Gasteiger partial charge is 0.416 e. The van der Waals surface area contributed by atoms with Crippen molar-refractivity contribution in [2.24, 2.45) is 0 Å². The lowest BCUT2D eigenvalue weighted by Crippen LogP contribution is -2.48. The third kappa shape index (κ3) is 5.10. The minimum absolute atomic E-state index is 0.0111. The molecule has 1 unspecified atom stereocenters. The molecule has 1 N–H and O–H groups in total. The van der Waals surface area contributed by atoms with Gasteiger partial charge in [-0.2, -0.15) is 18.2 Å². The predicted octanol–water partition coefficient (Wildman–Crippen LogP) is 4.09. The Hall–Kier alpha value is -3.37. The van der Waals surface area contributed by atoms with Gasteiger partial charge < -0.3 is 20.0 Å². The van der Waals surface area contributed by atoms with Gasteiger partial charge >= 0.3 is 6.18 Å². The van der Waals surface area contributed by atoms with Crippen LogP contribution in [0.5, 0.6) is 0 Å². The zero-order valence-corrected chi connectivity index (χ0v) is 20.9. The third-order valence-electron chi connectivity index (χ3n) is 6.78. The first kappa shape index (κ1) is 25.7. The summed E-state index contributed by atoms with van der Waals surface area (Å²) in [5.74, 6) is 0.751. The summed E-state index contributed by atoms with van der Waals surface area (Å²) < 4.78 is 39.1. The fourth-order valence-corrected chi connectivity index (χ4v) is 4.57. The van der Waals surface area contributed by atoms with E-state index in [1.807, 2.05) is 25.7 Å². The average molecular weight is 505 g/mol. The molecule has 8 nitrogen and oxygen atoms in total. The van der Waals surface area contributed by atoms with Crippen LogP contribution in [0, 0.1) is 0 Å². The number of hydrogen-bond acceptors (Lipinski definition) is 6. The van der Waals surface area contributed by atoms with Gasteiger partial charge in [0.2, 0.25) is 11.9 Å². The number of rotatable bonds is 6. The number of fused-ring (bicyclic) bond motifs is 1. The molecule has 0 aliphatic carbocycles. The maximum Gasteiger partial charge on any atom is 0.416 e. The summed E-state index contributed by atoms with van der Waals surface area (Å²) in [4.78, 5) is 39.7. The lowest BCUT2D eigenvalue weighted by atomic mass is 10.0. The smallest absolute Gasteiger partial charge is 0.363 e. The van der Waals surface area contributed by atoms with Crippen molar-refractivity contribution in [3.63, 3.8) is 0 Å². The van der Waals surface area contributed by atoms with Crippen LogP contribution in [0.25, 0.3) is 0 Å². The highest BCUT2D eigenvalue weighted by molar-refractivity contribution is 5.98. The Labute approximate surface area is 208 Å². The van der Waals surface area contributed by atoms with Crippen LogP contribution in [0.4, 0.5) is 24.9 Å². The van der Waals surface area contributed by atoms with Gasteiger partial charge in [-0.25, -0.2) is 4.98 Å². The van der Waals surface area contributed by atoms with Crippen LogP contribution < -0.4 is 10.2 Å². The highest BCUT2D eigenvalue weighted by atomic mass is 19.4. The number of amides is 2. The van der Waals surface area contributed by atoms with Gasteiger partial charge in [0, 0.05) is 44.7 Å². The maximum atomic E-state index is 13.2. The van der Waals surface area contributed by atoms with Gasteiger partial charge in [-0.15, -0.1) is 0 Å². The van der Waals surface area contributed by atoms with Crippen LogP contribution in [0.15, 0.2) is 24.3 Å². The van der Waals surface area contributed by atoms with Crippen LogP contribution in [-0.4, -0.2) is 63.8 Å². The van der Waals surface area contributed by atoms with E-state index in [9.17, 15) is 22.8 Å². The van der Waals surface area contributed by atoms with Gasteiger partial charge in [0.25, 0.3) is 5.91 Å². The van der Waals surface area contributed by atoms with Gasteiger partial charge in [-0.1, -0.05) is 19.1 Å². The molecule has 1 fully saturated rings. The summed E-state index contributed by atoms with van der Waals surface area (Å²) in [6.45, 7) is 9.84. The molecular formula is C25H31F3N6O2. The number of nitrogens with one attached hydrogen (secondary N) is 1. The predicted molar refractivity (Wildman–Crippen MR) is 130 cm³/mol. The van der Waals surface area contributed by atoms with Crippen LogP contribution in [-0.2, 0) is 17.5 Å². The minimum Gasteiger partial charge on any atom is -0.363 e. The fraction of sp³-hybridized carbons (Fsp3) is 0.520. The molecule has 0 bridgehead atoms. The first-order valence-corrected chi connectivity index (χ1v) is 12.2. The highest BCUT2D eigenvalue weighted by Crippen LogP contribution is 2.34. The number of piperazine rings is 1. The summed E-state index contributed by atoms with van der Waals surface area (Å²) in [6.07, 6.45) is -3.80. The Bertz CT molecular complexity index is 1130. The quantitative estimate of drug-likeness (QED) is 0.638. The second-order valence-corrected chi connectivity index (χ2v) is 9.44. The molecule has 2 aromatic rings. The minimum atomic E-state index is -4.40. The first-order valence-electron chi connectivity index (χ1n) is 12.2. The molecule has 0 saturated carbocycles. The Balaban J connectivity index is 1.66. The number of carbonyl (C=O) groups is 2. The molecule has 0 radical (unpaired) electrons. The van der Waals surface area contributed by atoms with E-state index in [-0.39, 0.29) is 23.9 Å². The Morgan fingerprint density at radius 2 is 1.72 bits per heavy atom. The molecule has 36 heavy (non-hydrogen) atoms. The Morgan fingerprint density at radius 3 is 2.25 bits per heavy atom. The summed E-state index contributed by atoms with van der Waals surface area (Å²) in [5.41, 5.74) is 1.02. The topological polar surface area (TPSA) is 81.7 Å². The average Bonchev–Trinajstić information content (AvgIpc) is 3.19. The van der Waals surface area contributed by atoms with Gasteiger partial charge in [0.1, 0.15) is 11.5 Å². The third-order valence-corrected chi connectivity index (χ3v) is 6.78. The normalized spacial score (nSPS) is 17.0. The van der Waals surface area contributed by atoms with E-state index in [0.29, 0.717) is 67.7 Å². The van der Waals surface area contributed by atoms with E-state index in [4.69, 9.17) is 4.98 Å². The molecule has 11 heteroatoms. The second-order valence-electron chi connectivity index (χ2n) is 9.44. The van der Waals surface area contributed by atoms with Crippen molar-refractivity contribution in [3.05, 3.63) is 46.6 Å². The number of benzene rings is 1. The molecule has 1 atom stereocenters. The van der Waals surface area contributed by atoms with E-state index in [1.54, 1.807) is 9.80 Å². The number of anilines is 2. The Morgan fingerprint density at radius 1 is 1.08 bits per heavy atom. The van der Waals surface area contributed by atoms with Crippen LogP contribution in [0.3, 0.4) is 0 Å². The summed E-state index contributed by atoms with van der Waals surface area (Å²) in [7, 11) is 0. The molecule has 194 valence electrons. The monoisotopic (exact) mass is 504 g/mol. The van der Waals surface area contributed by atoms with E-state index in [0.717, 1.165) is 12.1 Å². The number of carbonyl (C=O) groups excluding carboxylic acids is 2. The Kier molecular flexibility index (Phi) is 7.10. The van der Waals surface area contributed by atoms with Crippen molar-refractivity contribution >= 4 is 23.6 Å². The molecule has 2 aliphatic rings. The molecule has 2 aliphatic heterocycles. The molecule has 1 saturated heterocycles. The van der Waals surface area contributed by atoms with Crippen molar-refractivity contribution in [2.75, 3.05) is 36.4 Å². The number of aromatic nitrogens is 2. The molecule has 1 aromatic carbocycles. The summed E-state index contributed by atoms with van der Waals surface area (Å²) in [6, 6.07) is 4.76. The van der Waals surface area contributed by atoms with Crippen LogP contribution in [0.2, 0.25) is 0 Å². The molecule has 2 amide bonds. The first-order chi connectivity index (χ1) is 17.0. The van der Waals surface area contributed by atoms with Gasteiger partial charge in [0.05, 0.1) is 18.2 Å². The zero-order chi connectivity index (χ0) is 26.2. The van der Waals surface area contributed by atoms with Crippen molar-refractivity contribution in [2.45, 2.75) is 58.9 Å². The lowest BCUT2D eigenvalue weighted by molar-refractivity contribution is -0.137. The SMILES string of the molecule is CCC(Nc1nc(N2CCN(C(C)=O)CC2)nc2c1CN(C(C)C)C2=O)c1ccc(C(F)(F)F)cc1. The number of hydrogen-bond donors (Lipinski definition) is 1. The van der Waals surface area contributed by atoms with E-state index >= 15 is 0 Å². The highest BCUT2D eigenvalue weighted by Gasteiger charge is 2.36. The molecule has 4 rings (SSSR count). The van der Waals surface area contributed by atoms with Crippen LogP contribution in [0.1, 0.15) is 67.3 Å². The standard InChI is InChI=1S/C25H31F3N6O2/c1-5-20(17-6-8-18(9-7-17)25(26,27)28)29-22-19-14-34(15(2)3)23(36)21(19)30-24(31-22)33-12-10-32(11-13-33)16(4)35/h6-9,15,20H,5,10-14H2,1-4H3,(H,29,30,31). The van der Waals surface area contributed by atoms with Crippen molar-refractivity contribution in [3.8, 4) is 0 Å². The summed E-state index contributed by atoms with van der Waals surface area (Å²) in [5, 5.41) is 3.39. The van der Waals surface area contributed by atoms with E-state index in [2.05, 4.69) is 10.3 Å². The van der Waals surface area contributed by atoms with Crippen molar-refractivity contribution in [1.82, 2.24) is 19.8 Å². The van der Waals surface area contributed by atoms with Gasteiger partial charge in [-0.05, 0) is 38.0 Å². The van der Waals surface area contributed by atoms with E-state index < -0.39 is 11.7 Å². The molecule has 1 aromatic heterocycles. The summed E-state index contributed by atoms with van der Waals surface area (Å²) >= 11 is 0. The number of halogens is 3. The van der Waals surface area contributed by atoms with Gasteiger partial charge in [-0.3, -0.25) is 9.59 Å². The second kappa shape index (κ2) is 9.94. The van der Waals surface area contributed by atoms with E-state index in [1.165, 1.54) is 19.1 Å². The van der Waals surface area contributed by atoms with Crippen molar-refractivity contribution in [1.29, 1.82) is 0 Å². The number of nitrogens with zero attached hydrogens (tertiary/aromatic N) is 5. The number of alkyl halides is 3. The molecular weight excluding hydrogens is 473 g/mol. The fourth-order valence-electron chi connectivity index (χ4n) is 4.57. The molecule has 3 heterocycles.